The molecule has 0 fully saturated rings. The highest BCUT2D eigenvalue weighted by molar-refractivity contribution is 6.94. The maximum absolute atomic E-state index is 12.2. The molecule has 0 heterocycles. The van der Waals surface area contributed by atoms with Crippen molar-refractivity contribution in [1.29, 1.82) is 0 Å². The highest BCUT2D eigenvalue weighted by Gasteiger charge is 2.36. The molecule has 0 aliphatic carbocycles. The van der Waals surface area contributed by atoms with Gasteiger partial charge in [0, 0.05) is 10.8 Å². The lowest BCUT2D eigenvalue weighted by molar-refractivity contribution is -0.136. The second-order valence-electron chi connectivity index (χ2n) is 6.90. The molecule has 0 atom stereocenters. The fourth-order valence-electron chi connectivity index (χ4n) is 3.03. The van der Waals surface area contributed by atoms with E-state index in [1.165, 1.54) is 0 Å². The molecule has 0 spiro atoms. The fraction of sp³-hybridized carbons (Fsp3) is 0.200. The molecule has 2 aromatic rings. The second kappa shape index (κ2) is 7.48. The van der Waals surface area contributed by atoms with Crippen LogP contribution >= 0.6 is 0 Å². The van der Waals surface area contributed by atoms with Gasteiger partial charge in [-0.25, -0.2) is 9.59 Å². The van der Waals surface area contributed by atoms with E-state index in [9.17, 15) is 19.8 Å². The molecule has 0 saturated heterocycles. The molecule has 0 saturated carbocycles. The lowest BCUT2D eigenvalue weighted by Crippen LogP contribution is -2.48. The number of carboxylic acid groups (broad SMARTS) is 2. The van der Waals surface area contributed by atoms with Crippen molar-refractivity contribution >= 4 is 31.1 Å². The van der Waals surface area contributed by atoms with Gasteiger partial charge in [-0.2, -0.15) is 0 Å². The third-order valence-corrected chi connectivity index (χ3v) is 7.23. The van der Waals surface area contributed by atoms with Crippen LogP contribution < -0.4 is 10.4 Å². The van der Waals surface area contributed by atoms with Gasteiger partial charge in [-0.3, -0.25) is 0 Å². The van der Waals surface area contributed by atoms with Crippen molar-refractivity contribution in [1.82, 2.24) is 0 Å². The van der Waals surface area contributed by atoms with Gasteiger partial charge in [0.1, 0.15) is 8.80 Å². The van der Waals surface area contributed by atoms with Crippen LogP contribution in [0, 0.1) is 5.41 Å². The van der Waals surface area contributed by atoms with Crippen molar-refractivity contribution in [2.45, 2.75) is 20.8 Å². The van der Waals surface area contributed by atoms with Gasteiger partial charge in [0.25, 0.3) is 0 Å². The number of hydrogen-bond acceptors (Lipinski definition) is 2. The molecule has 5 heteroatoms. The summed E-state index contributed by atoms with van der Waals surface area (Å²) in [6.07, 6.45) is 0. The molecule has 4 nitrogen and oxygen atoms in total. The first kappa shape index (κ1) is 18.7. The predicted molar refractivity (Wildman–Crippen MR) is 101 cm³/mol. The van der Waals surface area contributed by atoms with E-state index < -0.39 is 26.2 Å². The summed E-state index contributed by atoms with van der Waals surface area (Å²) in [6.45, 7) is 5.21. The first-order valence-electron chi connectivity index (χ1n) is 8.04. The topological polar surface area (TPSA) is 74.6 Å². The minimum Gasteiger partial charge on any atom is -0.478 e. The summed E-state index contributed by atoms with van der Waals surface area (Å²) in [6, 6.07) is 18.7. The molecule has 0 radical (unpaired) electrons. The molecule has 130 valence electrons. The monoisotopic (exact) mass is 354 g/mol. The Morgan fingerprint density at radius 3 is 1.44 bits per heavy atom. The largest absolute Gasteiger partial charge is 0.478 e. The van der Waals surface area contributed by atoms with E-state index in [2.05, 4.69) is 0 Å². The van der Waals surface area contributed by atoms with Crippen molar-refractivity contribution in [3.8, 4) is 0 Å². The van der Waals surface area contributed by atoms with E-state index in [0.29, 0.717) is 0 Å². The normalized spacial score (nSPS) is 12.6. The average molecular weight is 354 g/mol. The molecule has 2 rings (SSSR count). The third kappa shape index (κ3) is 4.25. The molecule has 2 N–H and O–H groups in total. The first-order valence-corrected chi connectivity index (χ1v) is 9.77. The molecular formula is C20H22O4Si. The van der Waals surface area contributed by atoms with Gasteiger partial charge >= 0.3 is 11.9 Å². The van der Waals surface area contributed by atoms with Crippen LogP contribution in [0.15, 0.2) is 71.4 Å². The van der Waals surface area contributed by atoms with Crippen LogP contribution in [0.5, 0.6) is 0 Å². The smallest absolute Gasteiger partial charge is 0.332 e. The second-order valence-corrected chi connectivity index (χ2v) is 9.68. The third-order valence-electron chi connectivity index (χ3n) is 4.02. The maximum Gasteiger partial charge on any atom is 0.332 e. The van der Waals surface area contributed by atoms with E-state index in [-0.39, 0.29) is 10.8 Å². The van der Waals surface area contributed by atoms with Crippen molar-refractivity contribution in [2.24, 2.45) is 5.41 Å². The zero-order valence-corrected chi connectivity index (χ0v) is 15.7. The quantitative estimate of drug-likeness (QED) is 0.637. The Morgan fingerprint density at radius 2 is 1.16 bits per heavy atom. The van der Waals surface area contributed by atoms with Gasteiger partial charge in [0.2, 0.25) is 0 Å². The zero-order valence-electron chi connectivity index (χ0n) is 14.6. The Hall–Kier alpha value is -2.66. The number of carboxylic acids is 2. The average Bonchev–Trinajstić information content (AvgIpc) is 2.54. The molecule has 0 aliphatic heterocycles. The number of rotatable bonds is 5. The summed E-state index contributed by atoms with van der Waals surface area (Å²) < 4.78 is 0. The SMILES string of the molecule is CC(C)(C)/C(C(=O)O)=C(\C(=O)O)[SiH](c1ccccc1)c1ccccc1. The van der Waals surface area contributed by atoms with E-state index in [0.717, 1.165) is 10.4 Å². The van der Waals surface area contributed by atoms with E-state index >= 15 is 0 Å². The Kier molecular flexibility index (Phi) is 5.59. The van der Waals surface area contributed by atoms with Crippen molar-refractivity contribution in [2.75, 3.05) is 0 Å². The van der Waals surface area contributed by atoms with Crippen LogP contribution in [0.2, 0.25) is 0 Å². The summed E-state index contributed by atoms with van der Waals surface area (Å²) in [5, 5.41) is 21.5. The van der Waals surface area contributed by atoms with E-state index in [4.69, 9.17) is 0 Å². The summed E-state index contributed by atoms with van der Waals surface area (Å²) in [4.78, 5) is 24.2. The highest BCUT2D eigenvalue weighted by atomic mass is 28.3. The summed E-state index contributed by atoms with van der Waals surface area (Å²) >= 11 is 0. The Morgan fingerprint density at radius 1 is 0.760 bits per heavy atom. The Labute approximate surface area is 149 Å². The van der Waals surface area contributed by atoms with Crippen LogP contribution in [-0.2, 0) is 9.59 Å². The van der Waals surface area contributed by atoms with Gasteiger partial charge in [-0.15, -0.1) is 0 Å². The van der Waals surface area contributed by atoms with Crippen LogP contribution in [0.3, 0.4) is 0 Å². The zero-order chi connectivity index (χ0) is 18.6. The lowest BCUT2D eigenvalue weighted by Gasteiger charge is -2.26. The summed E-state index contributed by atoms with van der Waals surface area (Å²) in [7, 11) is -2.44. The minimum atomic E-state index is -2.44. The Bertz CT molecular complexity index is 750. The van der Waals surface area contributed by atoms with Crippen LogP contribution in [0.4, 0.5) is 0 Å². The lowest BCUT2D eigenvalue weighted by atomic mass is 9.86. The van der Waals surface area contributed by atoms with Crippen LogP contribution in [0.1, 0.15) is 20.8 Å². The molecule has 0 amide bonds. The molecular weight excluding hydrogens is 332 g/mol. The van der Waals surface area contributed by atoms with Crippen molar-refractivity contribution < 1.29 is 19.8 Å². The van der Waals surface area contributed by atoms with E-state index in [1.807, 2.05) is 60.7 Å². The number of benzene rings is 2. The summed E-state index contributed by atoms with van der Waals surface area (Å²) in [5.41, 5.74) is -0.807. The standard InChI is InChI=1S/C20H22O4Si/c1-20(2,3)16(18(21)22)17(19(23)24)25(14-10-6-4-7-11-14)15-12-8-5-9-13-15/h4-13,25H,1-3H3,(H,21,22)(H,23,24)/b17-16+. The molecule has 2 aromatic carbocycles. The molecule has 0 aromatic heterocycles. The number of hydrogen-bond donors (Lipinski definition) is 2. The maximum atomic E-state index is 12.2. The van der Waals surface area contributed by atoms with E-state index in [1.54, 1.807) is 20.8 Å². The fourth-order valence-corrected chi connectivity index (χ4v) is 6.39. The molecule has 0 bridgehead atoms. The summed E-state index contributed by atoms with van der Waals surface area (Å²) in [5.74, 6) is -2.33. The number of aliphatic carboxylic acids is 2. The first-order chi connectivity index (χ1) is 11.7. The van der Waals surface area contributed by atoms with Crippen molar-refractivity contribution in [3.63, 3.8) is 0 Å². The van der Waals surface area contributed by atoms with Gasteiger partial charge in [-0.1, -0.05) is 91.8 Å². The van der Waals surface area contributed by atoms with Crippen LogP contribution in [-0.4, -0.2) is 30.9 Å². The van der Waals surface area contributed by atoms with Gasteiger partial charge in [-0.05, 0) is 5.41 Å². The van der Waals surface area contributed by atoms with Crippen LogP contribution in [0.25, 0.3) is 0 Å². The predicted octanol–water partition coefficient (Wildman–Crippen LogP) is 2.08. The molecule has 0 aliphatic rings. The molecule has 25 heavy (non-hydrogen) atoms. The van der Waals surface area contributed by atoms with Gasteiger partial charge < -0.3 is 10.2 Å². The highest BCUT2D eigenvalue weighted by Crippen LogP contribution is 2.29. The van der Waals surface area contributed by atoms with Gasteiger partial charge in [0.15, 0.2) is 0 Å². The number of carbonyl (C=O) groups is 2. The van der Waals surface area contributed by atoms with Gasteiger partial charge in [0.05, 0.1) is 0 Å². The molecule has 0 unspecified atom stereocenters. The Balaban J connectivity index is 2.85. The minimum absolute atomic E-state index is 0.0237. The van der Waals surface area contributed by atoms with Crippen molar-refractivity contribution in [3.05, 3.63) is 71.4 Å².